The number of rotatable bonds is 10. The Hall–Kier alpha value is -2.82. The molecule has 0 saturated carbocycles. The number of ether oxygens (including phenoxy) is 2. The average molecular weight is 370 g/mol. The highest BCUT2D eigenvalue weighted by Crippen LogP contribution is 2.28. The molecule has 0 aliphatic heterocycles. The third-order valence-corrected chi connectivity index (χ3v) is 4.50. The SMILES string of the molecule is COc1ccc(CCC(=O)CC(=O)CCc2ccc(C)c(O)c2)cc1OC. The van der Waals surface area contributed by atoms with E-state index in [0.717, 1.165) is 16.7 Å². The van der Waals surface area contributed by atoms with E-state index in [1.807, 2.05) is 31.2 Å². The average Bonchev–Trinajstić information content (AvgIpc) is 2.67. The van der Waals surface area contributed by atoms with E-state index in [0.29, 0.717) is 37.2 Å². The third kappa shape index (κ3) is 6.13. The largest absolute Gasteiger partial charge is 0.508 e. The van der Waals surface area contributed by atoms with E-state index >= 15 is 0 Å². The Morgan fingerprint density at radius 1 is 0.852 bits per heavy atom. The van der Waals surface area contributed by atoms with Gasteiger partial charge in [0.2, 0.25) is 0 Å². The third-order valence-electron chi connectivity index (χ3n) is 4.50. The number of hydrogen-bond donors (Lipinski definition) is 1. The molecular weight excluding hydrogens is 344 g/mol. The highest BCUT2D eigenvalue weighted by molar-refractivity contribution is 5.99. The van der Waals surface area contributed by atoms with Gasteiger partial charge < -0.3 is 14.6 Å². The quantitative estimate of drug-likeness (QED) is 0.644. The van der Waals surface area contributed by atoms with Crippen molar-refractivity contribution in [3.8, 4) is 17.2 Å². The van der Waals surface area contributed by atoms with E-state index < -0.39 is 0 Å². The summed E-state index contributed by atoms with van der Waals surface area (Å²) in [7, 11) is 3.14. The highest BCUT2D eigenvalue weighted by atomic mass is 16.5. The van der Waals surface area contributed by atoms with Crippen LogP contribution < -0.4 is 9.47 Å². The Morgan fingerprint density at radius 2 is 1.41 bits per heavy atom. The van der Waals surface area contributed by atoms with Crippen molar-refractivity contribution in [3.05, 3.63) is 53.1 Å². The van der Waals surface area contributed by atoms with Gasteiger partial charge in [0.25, 0.3) is 0 Å². The zero-order chi connectivity index (χ0) is 19.8. The van der Waals surface area contributed by atoms with E-state index in [1.165, 1.54) is 0 Å². The number of methoxy groups -OCH3 is 2. The molecular formula is C22H26O5. The summed E-state index contributed by atoms with van der Waals surface area (Å²) in [6.45, 7) is 1.82. The predicted molar refractivity (Wildman–Crippen MR) is 104 cm³/mol. The normalized spacial score (nSPS) is 10.5. The smallest absolute Gasteiger partial charge is 0.160 e. The molecule has 0 spiro atoms. The van der Waals surface area contributed by atoms with Crippen LogP contribution in [0.3, 0.4) is 0 Å². The number of benzene rings is 2. The van der Waals surface area contributed by atoms with E-state index in [9.17, 15) is 14.7 Å². The summed E-state index contributed by atoms with van der Waals surface area (Å²) in [4.78, 5) is 24.2. The summed E-state index contributed by atoms with van der Waals surface area (Å²) < 4.78 is 10.5. The topological polar surface area (TPSA) is 72.8 Å². The molecule has 2 rings (SSSR count). The molecule has 0 unspecified atom stereocenters. The molecule has 0 saturated heterocycles. The Morgan fingerprint density at radius 3 is 1.96 bits per heavy atom. The minimum atomic E-state index is -0.0765. The Balaban J connectivity index is 1.79. The van der Waals surface area contributed by atoms with Crippen molar-refractivity contribution in [3.63, 3.8) is 0 Å². The van der Waals surface area contributed by atoms with Crippen molar-refractivity contribution in [1.82, 2.24) is 0 Å². The first-order valence-corrected chi connectivity index (χ1v) is 8.95. The Kier molecular flexibility index (Phi) is 7.41. The summed E-state index contributed by atoms with van der Waals surface area (Å²) >= 11 is 0. The maximum atomic E-state index is 12.1. The number of Topliss-reactive ketones (excluding diaryl/α,β-unsaturated/α-hetero) is 2. The molecule has 0 amide bonds. The molecule has 144 valence electrons. The van der Waals surface area contributed by atoms with E-state index in [4.69, 9.17) is 9.47 Å². The van der Waals surface area contributed by atoms with Gasteiger partial charge in [-0.05, 0) is 54.7 Å². The number of hydrogen-bond acceptors (Lipinski definition) is 5. The van der Waals surface area contributed by atoms with Crippen LogP contribution in [-0.2, 0) is 22.4 Å². The van der Waals surface area contributed by atoms with Crippen LogP contribution in [0.2, 0.25) is 0 Å². The fraction of sp³-hybridized carbons (Fsp3) is 0.364. The van der Waals surface area contributed by atoms with Crippen molar-refractivity contribution in [2.45, 2.75) is 39.0 Å². The van der Waals surface area contributed by atoms with Crippen molar-refractivity contribution in [1.29, 1.82) is 0 Å². The number of carbonyl (C=O) groups excluding carboxylic acids is 2. The lowest BCUT2D eigenvalue weighted by Gasteiger charge is -2.09. The molecule has 2 aromatic carbocycles. The van der Waals surface area contributed by atoms with Crippen molar-refractivity contribution < 1.29 is 24.2 Å². The summed E-state index contributed by atoms with van der Waals surface area (Å²) in [5, 5.41) is 9.70. The van der Waals surface area contributed by atoms with Gasteiger partial charge in [-0.3, -0.25) is 9.59 Å². The van der Waals surface area contributed by atoms with Crippen LogP contribution in [-0.4, -0.2) is 30.9 Å². The van der Waals surface area contributed by atoms with Gasteiger partial charge in [-0.1, -0.05) is 18.2 Å². The molecule has 1 N–H and O–H groups in total. The van der Waals surface area contributed by atoms with Gasteiger partial charge in [0.05, 0.1) is 20.6 Å². The number of aryl methyl sites for hydroxylation is 3. The lowest BCUT2D eigenvalue weighted by molar-refractivity contribution is -0.126. The second-order valence-electron chi connectivity index (χ2n) is 6.56. The molecule has 0 radical (unpaired) electrons. The van der Waals surface area contributed by atoms with E-state index in [-0.39, 0.29) is 23.7 Å². The van der Waals surface area contributed by atoms with Gasteiger partial charge in [-0.15, -0.1) is 0 Å². The first kappa shape index (κ1) is 20.5. The van der Waals surface area contributed by atoms with Crippen LogP contribution in [0.25, 0.3) is 0 Å². The fourth-order valence-electron chi connectivity index (χ4n) is 2.81. The molecule has 27 heavy (non-hydrogen) atoms. The summed E-state index contributed by atoms with van der Waals surface area (Å²) in [6.07, 6.45) is 1.64. The molecule has 0 fully saturated rings. The van der Waals surface area contributed by atoms with E-state index in [2.05, 4.69) is 0 Å². The van der Waals surface area contributed by atoms with Crippen molar-refractivity contribution >= 4 is 11.6 Å². The minimum Gasteiger partial charge on any atom is -0.508 e. The molecule has 0 atom stereocenters. The molecule has 5 nitrogen and oxygen atoms in total. The summed E-state index contributed by atoms with van der Waals surface area (Å²) in [5.41, 5.74) is 2.66. The van der Waals surface area contributed by atoms with Crippen LogP contribution in [0.4, 0.5) is 0 Å². The lowest BCUT2D eigenvalue weighted by Crippen LogP contribution is -2.09. The monoisotopic (exact) mass is 370 g/mol. The maximum absolute atomic E-state index is 12.1. The van der Waals surface area contributed by atoms with Crippen LogP contribution in [0.1, 0.15) is 36.0 Å². The predicted octanol–water partition coefficient (Wildman–Crippen LogP) is 3.81. The molecule has 0 heterocycles. The van der Waals surface area contributed by atoms with Gasteiger partial charge in [-0.2, -0.15) is 0 Å². The number of phenols is 1. The Labute approximate surface area is 159 Å². The lowest BCUT2D eigenvalue weighted by atomic mass is 10.0. The van der Waals surface area contributed by atoms with Crippen molar-refractivity contribution in [2.75, 3.05) is 14.2 Å². The summed E-state index contributed by atoms with van der Waals surface area (Å²) in [6, 6.07) is 10.9. The van der Waals surface area contributed by atoms with Gasteiger partial charge in [0, 0.05) is 12.8 Å². The summed E-state index contributed by atoms with van der Waals surface area (Å²) in [5.74, 6) is 1.35. The van der Waals surface area contributed by atoms with E-state index in [1.54, 1.807) is 26.4 Å². The van der Waals surface area contributed by atoms with Gasteiger partial charge in [0.1, 0.15) is 17.3 Å². The van der Waals surface area contributed by atoms with Crippen LogP contribution in [0, 0.1) is 6.92 Å². The molecule has 0 aliphatic carbocycles. The van der Waals surface area contributed by atoms with Crippen LogP contribution in [0.15, 0.2) is 36.4 Å². The Bertz CT molecular complexity index is 810. The van der Waals surface area contributed by atoms with Gasteiger partial charge in [-0.25, -0.2) is 0 Å². The number of carbonyl (C=O) groups is 2. The van der Waals surface area contributed by atoms with Gasteiger partial charge >= 0.3 is 0 Å². The molecule has 0 aliphatic rings. The standard InChI is InChI=1S/C22H26O5/c1-15-4-5-16(12-20(15)25)6-9-18(23)14-19(24)10-7-17-8-11-21(26-2)22(13-17)27-3/h4-5,8,11-13,25H,6-7,9-10,14H2,1-3H3. The second-order valence-corrected chi connectivity index (χ2v) is 6.56. The zero-order valence-electron chi connectivity index (χ0n) is 16.1. The van der Waals surface area contributed by atoms with Gasteiger partial charge in [0.15, 0.2) is 11.5 Å². The minimum absolute atomic E-state index is 0.0505. The maximum Gasteiger partial charge on any atom is 0.160 e. The van der Waals surface area contributed by atoms with Crippen molar-refractivity contribution in [2.24, 2.45) is 0 Å². The highest BCUT2D eigenvalue weighted by Gasteiger charge is 2.12. The first-order chi connectivity index (χ1) is 12.9. The molecule has 0 bridgehead atoms. The zero-order valence-corrected chi connectivity index (χ0v) is 16.1. The number of ketones is 2. The molecule has 2 aromatic rings. The van der Waals surface area contributed by atoms with Crippen LogP contribution in [0.5, 0.6) is 17.2 Å². The number of phenolic OH excluding ortho intramolecular Hbond substituents is 1. The number of aromatic hydroxyl groups is 1. The van der Waals surface area contributed by atoms with Crippen LogP contribution >= 0.6 is 0 Å². The molecule has 5 heteroatoms. The second kappa shape index (κ2) is 9.76. The first-order valence-electron chi connectivity index (χ1n) is 8.95. The molecule has 0 aromatic heterocycles. The fourth-order valence-corrected chi connectivity index (χ4v) is 2.81.